The van der Waals surface area contributed by atoms with Crippen LogP contribution in [0.1, 0.15) is 40.0 Å². The summed E-state index contributed by atoms with van der Waals surface area (Å²) in [6.45, 7) is 8.78. The van der Waals surface area contributed by atoms with E-state index in [4.69, 9.17) is 4.74 Å². The summed E-state index contributed by atoms with van der Waals surface area (Å²) < 4.78 is 5.94. The summed E-state index contributed by atoms with van der Waals surface area (Å²) in [5.74, 6) is 1.88. The summed E-state index contributed by atoms with van der Waals surface area (Å²) in [4.78, 5) is 12.0. The number of aliphatic hydroxyl groups is 1. The molecule has 6 heteroatoms. The van der Waals surface area contributed by atoms with Gasteiger partial charge in [0.25, 0.3) is 0 Å². The fraction of sp³-hybridized carbons (Fsp3) is 0.941. The van der Waals surface area contributed by atoms with Gasteiger partial charge in [-0.15, -0.1) is 12.4 Å². The third-order valence-corrected chi connectivity index (χ3v) is 5.26. The number of rotatable bonds is 6. The van der Waals surface area contributed by atoms with Crippen LogP contribution in [0.5, 0.6) is 0 Å². The van der Waals surface area contributed by atoms with E-state index >= 15 is 0 Å². The minimum atomic E-state index is -0.356. The molecule has 23 heavy (non-hydrogen) atoms. The van der Waals surface area contributed by atoms with Gasteiger partial charge in [-0.1, -0.05) is 27.2 Å². The topological polar surface area (TPSA) is 70.6 Å². The number of aliphatic hydroxyl groups excluding tert-OH is 1. The zero-order chi connectivity index (χ0) is 16.1. The highest BCUT2D eigenvalue weighted by Gasteiger charge is 2.32. The first-order valence-corrected chi connectivity index (χ1v) is 8.74. The Morgan fingerprint density at radius 1 is 1.35 bits per heavy atom. The summed E-state index contributed by atoms with van der Waals surface area (Å²) in [5, 5.41) is 15.7. The van der Waals surface area contributed by atoms with Gasteiger partial charge in [-0.25, -0.2) is 0 Å². The molecule has 3 N–H and O–H groups in total. The number of carbonyl (C=O) groups excluding carboxylic acids is 1. The molecule has 2 rings (SSSR count). The maximum atomic E-state index is 12.0. The van der Waals surface area contributed by atoms with Crippen LogP contribution in [-0.4, -0.2) is 49.5 Å². The second-order valence-electron chi connectivity index (χ2n) is 7.47. The number of amides is 1. The predicted octanol–water partition coefficient (Wildman–Crippen LogP) is 1.58. The molecule has 5 nitrogen and oxygen atoms in total. The van der Waals surface area contributed by atoms with Crippen LogP contribution in [0.4, 0.5) is 0 Å². The number of hydrogen-bond donors (Lipinski definition) is 3. The third kappa shape index (κ3) is 6.22. The van der Waals surface area contributed by atoms with Crippen molar-refractivity contribution in [2.24, 2.45) is 23.7 Å². The van der Waals surface area contributed by atoms with Crippen molar-refractivity contribution in [3.8, 4) is 0 Å². The molecule has 5 unspecified atom stereocenters. The number of hydrogen-bond acceptors (Lipinski definition) is 4. The molecular weight excluding hydrogens is 316 g/mol. The van der Waals surface area contributed by atoms with Crippen molar-refractivity contribution >= 4 is 18.3 Å². The van der Waals surface area contributed by atoms with Gasteiger partial charge >= 0.3 is 0 Å². The molecule has 1 saturated carbocycles. The van der Waals surface area contributed by atoms with Gasteiger partial charge in [0, 0.05) is 25.6 Å². The summed E-state index contributed by atoms with van der Waals surface area (Å²) in [6, 6.07) is 0. The van der Waals surface area contributed by atoms with Gasteiger partial charge in [0.1, 0.15) is 6.61 Å². The Balaban J connectivity index is 0.00000264. The van der Waals surface area contributed by atoms with Gasteiger partial charge < -0.3 is 20.5 Å². The van der Waals surface area contributed by atoms with Gasteiger partial charge in [0.05, 0.1) is 12.2 Å². The van der Waals surface area contributed by atoms with Crippen LogP contribution in [0.15, 0.2) is 0 Å². The van der Waals surface area contributed by atoms with E-state index in [-0.39, 0.29) is 43.0 Å². The average Bonchev–Trinajstić information content (AvgIpc) is 2.88. The maximum absolute atomic E-state index is 12.0. The lowest BCUT2D eigenvalue weighted by Crippen LogP contribution is -2.39. The fourth-order valence-corrected chi connectivity index (χ4v) is 3.71. The van der Waals surface area contributed by atoms with Crippen molar-refractivity contribution in [1.29, 1.82) is 0 Å². The molecule has 1 aliphatic carbocycles. The largest absolute Gasteiger partial charge is 0.391 e. The Kier molecular flexibility index (Phi) is 8.83. The van der Waals surface area contributed by atoms with E-state index in [0.29, 0.717) is 30.8 Å². The molecule has 0 aromatic carbocycles. The van der Waals surface area contributed by atoms with E-state index in [1.807, 2.05) is 0 Å². The predicted molar refractivity (Wildman–Crippen MR) is 93.7 cm³/mol. The van der Waals surface area contributed by atoms with Crippen molar-refractivity contribution in [1.82, 2.24) is 10.6 Å². The Labute approximate surface area is 146 Å². The molecule has 0 radical (unpaired) electrons. The molecule has 136 valence electrons. The van der Waals surface area contributed by atoms with E-state index in [2.05, 4.69) is 31.4 Å². The zero-order valence-electron chi connectivity index (χ0n) is 14.6. The number of halogens is 1. The van der Waals surface area contributed by atoms with Crippen molar-refractivity contribution in [2.75, 3.05) is 26.2 Å². The molecule has 2 aliphatic rings. The average molecular weight is 349 g/mol. The van der Waals surface area contributed by atoms with E-state index in [9.17, 15) is 9.90 Å². The molecule has 2 fully saturated rings. The molecule has 1 aliphatic heterocycles. The molecule has 0 aromatic heterocycles. The molecule has 1 heterocycles. The van der Waals surface area contributed by atoms with E-state index in [0.717, 1.165) is 13.0 Å². The van der Waals surface area contributed by atoms with Crippen LogP contribution in [-0.2, 0) is 9.53 Å². The lowest BCUT2D eigenvalue weighted by molar-refractivity contribution is -0.131. The molecular formula is C17H33ClN2O3. The van der Waals surface area contributed by atoms with Crippen LogP contribution in [0, 0.1) is 23.7 Å². The first-order chi connectivity index (χ1) is 10.5. The first-order valence-electron chi connectivity index (χ1n) is 8.74. The molecule has 0 aromatic rings. The van der Waals surface area contributed by atoms with E-state index in [1.54, 1.807) is 0 Å². The Hall–Kier alpha value is -0.360. The Bertz CT molecular complexity index is 368. The van der Waals surface area contributed by atoms with Crippen molar-refractivity contribution < 1.29 is 14.6 Å². The number of nitrogens with one attached hydrogen (secondary N) is 2. The Morgan fingerprint density at radius 3 is 2.70 bits per heavy atom. The number of β-amino-alcohol motifs (C(OH)–C–C–N with tert-alkyl or cyclic N) is 1. The minimum absolute atomic E-state index is 0. The highest BCUT2D eigenvalue weighted by Crippen LogP contribution is 2.35. The van der Waals surface area contributed by atoms with Crippen molar-refractivity contribution in [2.45, 2.75) is 52.2 Å². The molecule has 5 atom stereocenters. The van der Waals surface area contributed by atoms with Crippen LogP contribution < -0.4 is 10.6 Å². The second-order valence-corrected chi connectivity index (χ2v) is 7.47. The molecule has 1 saturated heterocycles. The summed E-state index contributed by atoms with van der Waals surface area (Å²) in [6.07, 6.45) is 3.37. The fourth-order valence-electron chi connectivity index (χ4n) is 3.71. The van der Waals surface area contributed by atoms with Gasteiger partial charge in [-0.2, -0.15) is 0 Å². The Morgan fingerprint density at radius 2 is 2.09 bits per heavy atom. The summed E-state index contributed by atoms with van der Waals surface area (Å²) in [5.41, 5.74) is 0. The molecule has 0 bridgehead atoms. The minimum Gasteiger partial charge on any atom is -0.391 e. The first kappa shape index (κ1) is 20.7. The highest BCUT2D eigenvalue weighted by atomic mass is 35.5. The quantitative estimate of drug-likeness (QED) is 0.681. The lowest BCUT2D eigenvalue weighted by atomic mass is 9.75. The van der Waals surface area contributed by atoms with Gasteiger partial charge in [-0.3, -0.25) is 4.79 Å². The van der Waals surface area contributed by atoms with Gasteiger partial charge in [0.2, 0.25) is 5.91 Å². The standard InChI is InChI=1S/C17H32N2O3.ClH/c1-11(2)14-5-4-12(3)6-16(14)22-10-17(21)19-8-13-7-18-9-15(13)20;/h11-16,18,20H,4-10H2,1-3H3,(H,19,21);1H. The maximum Gasteiger partial charge on any atom is 0.246 e. The molecule has 1 amide bonds. The van der Waals surface area contributed by atoms with Crippen LogP contribution in [0.2, 0.25) is 0 Å². The second kappa shape index (κ2) is 9.82. The van der Waals surface area contributed by atoms with Gasteiger partial charge in [0.15, 0.2) is 0 Å². The van der Waals surface area contributed by atoms with E-state index in [1.165, 1.54) is 12.8 Å². The summed E-state index contributed by atoms with van der Waals surface area (Å²) >= 11 is 0. The monoisotopic (exact) mass is 348 g/mol. The van der Waals surface area contributed by atoms with Crippen LogP contribution >= 0.6 is 12.4 Å². The summed E-state index contributed by atoms with van der Waals surface area (Å²) in [7, 11) is 0. The molecule has 0 spiro atoms. The number of ether oxygens (including phenoxy) is 1. The lowest BCUT2D eigenvalue weighted by Gasteiger charge is -2.37. The third-order valence-electron chi connectivity index (χ3n) is 5.26. The highest BCUT2D eigenvalue weighted by molar-refractivity contribution is 5.85. The van der Waals surface area contributed by atoms with E-state index < -0.39 is 0 Å². The SMILES string of the molecule is CC1CCC(C(C)C)C(OCC(=O)NCC2CNCC2O)C1.Cl. The van der Waals surface area contributed by atoms with Gasteiger partial charge in [-0.05, 0) is 30.6 Å². The van der Waals surface area contributed by atoms with Crippen LogP contribution in [0.25, 0.3) is 0 Å². The van der Waals surface area contributed by atoms with Crippen LogP contribution in [0.3, 0.4) is 0 Å². The number of carbonyl (C=O) groups is 1. The smallest absolute Gasteiger partial charge is 0.246 e. The zero-order valence-corrected chi connectivity index (χ0v) is 15.4. The van der Waals surface area contributed by atoms with Crippen molar-refractivity contribution in [3.63, 3.8) is 0 Å². The normalized spacial score (nSPS) is 34.2. The van der Waals surface area contributed by atoms with Crippen molar-refractivity contribution in [3.05, 3.63) is 0 Å².